The Morgan fingerprint density at radius 1 is 1.11 bits per heavy atom. The van der Waals surface area contributed by atoms with Crippen LogP contribution in [0.2, 0.25) is 0 Å². The standard InChI is InChI=1S/C22H22N8O.C2HF3O2/c1-13-24-20-5-3-17(27-30(20)26-13)18-7-21(31)29-10-16(2-4-19(29)25-18)28-9-15-6-14-8-23-11-22(14,15)12-28;3-2(4,5)1(6)7/h2-5,7,10,14-15,23H,6,8-9,11-12H2,1H3;(H,6,7)/t14-,15-,22-;/m0./s1. The van der Waals surface area contributed by atoms with Gasteiger partial charge in [0.2, 0.25) is 0 Å². The van der Waals surface area contributed by atoms with Crippen molar-refractivity contribution in [3.8, 4) is 11.4 Å². The minimum atomic E-state index is -5.08. The summed E-state index contributed by atoms with van der Waals surface area (Å²) in [6.45, 7) is 6.25. The zero-order valence-corrected chi connectivity index (χ0v) is 20.2. The number of hydrogen-bond acceptors (Lipinski definition) is 8. The second-order valence-electron chi connectivity index (χ2n) is 10.00. The Morgan fingerprint density at radius 2 is 1.87 bits per heavy atom. The van der Waals surface area contributed by atoms with Crippen LogP contribution >= 0.6 is 0 Å². The van der Waals surface area contributed by atoms with Crippen molar-refractivity contribution < 1.29 is 23.1 Å². The van der Waals surface area contributed by atoms with Gasteiger partial charge in [0.25, 0.3) is 5.56 Å². The molecule has 6 heterocycles. The number of nitrogens with one attached hydrogen (secondary N) is 1. The molecule has 14 heteroatoms. The number of fused-ring (bicyclic) bond motifs is 2. The minimum absolute atomic E-state index is 0.112. The Kier molecular flexibility index (Phi) is 5.42. The number of aliphatic carboxylic acids is 1. The van der Waals surface area contributed by atoms with Crippen molar-refractivity contribution in [3.63, 3.8) is 0 Å². The first-order valence-corrected chi connectivity index (χ1v) is 12.0. The van der Waals surface area contributed by atoms with E-state index >= 15 is 0 Å². The number of nitrogens with zero attached hydrogens (tertiary/aromatic N) is 7. The Hall–Kier alpha value is -4.07. The molecule has 7 rings (SSSR count). The summed E-state index contributed by atoms with van der Waals surface area (Å²) < 4.78 is 34.8. The van der Waals surface area contributed by atoms with E-state index in [0.29, 0.717) is 33.9 Å². The van der Waals surface area contributed by atoms with E-state index in [0.717, 1.165) is 43.7 Å². The lowest BCUT2D eigenvalue weighted by Crippen LogP contribution is -2.48. The van der Waals surface area contributed by atoms with Crippen LogP contribution < -0.4 is 15.8 Å². The molecule has 4 aromatic heterocycles. The number of carboxylic acids is 1. The third-order valence-corrected chi connectivity index (χ3v) is 7.79. The van der Waals surface area contributed by atoms with Gasteiger partial charge in [-0.25, -0.2) is 14.8 Å². The van der Waals surface area contributed by atoms with E-state index in [1.54, 1.807) is 4.40 Å². The Balaban J connectivity index is 0.000000337. The van der Waals surface area contributed by atoms with Crippen LogP contribution in [0, 0.1) is 24.2 Å². The number of pyridine rings is 1. The van der Waals surface area contributed by atoms with E-state index in [-0.39, 0.29) is 5.56 Å². The van der Waals surface area contributed by atoms with E-state index in [1.165, 1.54) is 17.1 Å². The maximum Gasteiger partial charge on any atom is 0.490 e. The Labute approximate surface area is 212 Å². The van der Waals surface area contributed by atoms with Gasteiger partial charge in [0.15, 0.2) is 5.65 Å². The molecule has 3 aliphatic rings. The fourth-order valence-electron chi connectivity index (χ4n) is 5.93. The van der Waals surface area contributed by atoms with Gasteiger partial charge in [-0.15, -0.1) is 14.8 Å². The van der Waals surface area contributed by atoms with Crippen LogP contribution in [0.15, 0.2) is 41.3 Å². The van der Waals surface area contributed by atoms with E-state index in [4.69, 9.17) is 14.9 Å². The predicted octanol–water partition coefficient (Wildman–Crippen LogP) is 1.79. The number of anilines is 1. The first-order valence-electron chi connectivity index (χ1n) is 12.0. The SMILES string of the molecule is Cc1nc2ccc(-c3cc(=O)n4cc(N5C[C@@H]6C[C@H]7CNC[C@]76C5)ccc4n3)nn2n1.O=C(O)C(F)(F)F. The number of aromatic nitrogens is 6. The molecule has 0 aromatic carbocycles. The zero-order valence-electron chi connectivity index (χ0n) is 20.2. The van der Waals surface area contributed by atoms with Gasteiger partial charge in [0, 0.05) is 37.3 Å². The molecule has 0 amide bonds. The van der Waals surface area contributed by atoms with Gasteiger partial charge in [-0.05, 0) is 56.0 Å². The maximum atomic E-state index is 13.0. The van der Waals surface area contributed by atoms with Crippen molar-refractivity contribution in [2.75, 3.05) is 31.1 Å². The van der Waals surface area contributed by atoms with Gasteiger partial charge in [0.05, 0.1) is 11.4 Å². The molecule has 0 radical (unpaired) electrons. The van der Waals surface area contributed by atoms with Gasteiger partial charge in [-0.2, -0.15) is 13.2 Å². The highest BCUT2D eigenvalue weighted by atomic mass is 19.4. The number of alkyl halides is 3. The molecule has 1 aliphatic carbocycles. The topological polar surface area (TPSA) is 130 Å². The summed E-state index contributed by atoms with van der Waals surface area (Å²) in [4.78, 5) is 33.3. The molecule has 0 bridgehead atoms. The number of aryl methyl sites for hydroxylation is 1. The van der Waals surface area contributed by atoms with Gasteiger partial charge in [0.1, 0.15) is 17.2 Å². The van der Waals surface area contributed by atoms with Gasteiger partial charge in [-0.3, -0.25) is 9.20 Å². The summed E-state index contributed by atoms with van der Waals surface area (Å²) in [6, 6.07) is 9.21. The lowest BCUT2D eigenvalue weighted by atomic mass is 9.56. The van der Waals surface area contributed by atoms with Crippen molar-refractivity contribution in [3.05, 3.63) is 52.7 Å². The molecule has 2 aliphatic heterocycles. The average Bonchev–Trinajstić information content (AvgIpc) is 3.49. The van der Waals surface area contributed by atoms with Crippen molar-refractivity contribution in [2.45, 2.75) is 19.5 Å². The number of carbonyl (C=O) groups is 1. The summed E-state index contributed by atoms with van der Waals surface area (Å²) in [5, 5.41) is 19.4. The van der Waals surface area contributed by atoms with Crippen molar-refractivity contribution in [1.82, 2.24) is 34.5 Å². The monoisotopic (exact) mass is 528 g/mol. The first-order chi connectivity index (χ1) is 18.0. The second kappa shape index (κ2) is 8.48. The number of carboxylic acid groups (broad SMARTS) is 1. The molecule has 38 heavy (non-hydrogen) atoms. The molecular weight excluding hydrogens is 505 g/mol. The highest BCUT2D eigenvalue weighted by Crippen LogP contribution is 2.58. The third kappa shape index (κ3) is 3.95. The van der Waals surface area contributed by atoms with Crippen LogP contribution in [0.5, 0.6) is 0 Å². The molecule has 4 aromatic rings. The third-order valence-electron chi connectivity index (χ3n) is 7.79. The Bertz CT molecular complexity index is 1630. The van der Waals surface area contributed by atoms with Crippen LogP contribution in [0.25, 0.3) is 22.7 Å². The van der Waals surface area contributed by atoms with Crippen molar-refractivity contribution in [2.24, 2.45) is 17.3 Å². The first kappa shape index (κ1) is 24.3. The number of rotatable bonds is 2. The van der Waals surface area contributed by atoms with E-state index in [9.17, 15) is 18.0 Å². The van der Waals surface area contributed by atoms with Crippen molar-refractivity contribution >= 4 is 23.0 Å². The molecule has 2 N–H and O–H groups in total. The highest BCUT2D eigenvalue weighted by molar-refractivity contribution is 5.73. The predicted molar refractivity (Wildman–Crippen MR) is 129 cm³/mol. The zero-order chi connectivity index (χ0) is 26.8. The molecular formula is C24H23F3N8O3. The van der Waals surface area contributed by atoms with E-state index in [2.05, 4.69) is 31.5 Å². The number of halogens is 3. The summed E-state index contributed by atoms with van der Waals surface area (Å²) in [5.74, 6) is -0.527. The summed E-state index contributed by atoms with van der Waals surface area (Å²) in [6.07, 6.45) is -1.82. The van der Waals surface area contributed by atoms with Crippen LogP contribution in [0.3, 0.4) is 0 Å². The van der Waals surface area contributed by atoms with Crippen LogP contribution in [-0.4, -0.2) is 72.6 Å². The molecule has 2 saturated heterocycles. The average molecular weight is 528 g/mol. The summed E-state index contributed by atoms with van der Waals surface area (Å²) in [7, 11) is 0. The van der Waals surface area contributed by atoms with Gasteiger partial charge in [-0.1, -0.05) is 0 Å². The lowest BCUT2D eigenvalue weighted by molar-refractivity contribution is -0.192. The lowest BCUT2D eigenvalue weighted by Gasteiger charge is -2.46. The Morgan fingerprint density at radius 3 is 2.61 bits per heavy atom. The largest absolute Gasteiger partial charge is 0.490 e. The molecule has 3 atom stereocenters. The highest BCUT2D eigenvalue weighted by Gasteiger charge is 2.61. The molecule has 0 unspecified atom stereocenters. The molecule has 11 nitrogen and oxygen atoms in total. The normalized spacial score (nSPS) is 24.1. The van der Waals surface area contributed by atoms with Gasteiger partial charge < -0.3 is 15.3 Å². The number of hydrogen-bond donors (Lipinski definition) is 2. The van der Waals surface area contributed by atoms with Gasteiger partial charge >= 0.3 is 12.1 Å². The second-order valence-corrected chi connectivity index (χ2v) is 10.00. The fourth-order valence-corrected chi connectivity index (χ4v) is 5.93. The minimum Gasteiger partial charge on any atom is -0.475 e. The van der Waals surface area contributed by atoms with Crippen LogP contribution in [0.4, 0.5) is 18.9 Å². The maximum absolute atomic E-state index is 13.0. The molecule has 1 spiro atoms. The smallest absolute Gasteiger partial charge is 0.475 e. The molecule has 3 fully saturated rings. The van der Waals surface area contributed by atoms with E-state index in [1.807, 2.05) is 31.3 Å². The van der Waals surface area contributed by atoms with E-state index < -0.39 is 12.1 Å². The summed E-state index contributed by atoms with van der Waals surface area (Å²) >= 11 is 0. The fraction of sp³-hybridized carbons (Fsp3) is 0.417. The van der Waals surface area contributed by atoms with Crippen LogP contribution in [-0.2, 0) is 4.79 Å². The molecule has 198 valence electrons. The van der Waals surface area contributed by atoms with Crippen molar-refractivity contribution in [1.29, 1.82) is 0 Å². The quantitative estimate of drug-likeness (QED) is 0.400. The molecule has 1 saturated carbocycles. The van der Waals surface area contributed by atoms with Crippen LogP contribution in [0.1, 0.15) is 12.2 Å². The summed E-state index contributed by atoms with van der Waals surface area (Å²) in [5.41, 5.74) is 3.83.